The van der Waals surface area contributed by atoms with Crippen LogP contribution in [0.5, 0.6) is 0 Å². The van der Waals surface area contributed by atoms with E-state index < -0.39 is 0 Å². The van der Waals surface area contributed by atoms with E-state index in [0.29, 0.717) is 12.6 Å². The molecule has 19 heavy (non-hydrogen) atoms. The van der Waals surface area contributed by atoms with Gasteiger partial charge in [0, 0.05) is 19.7 Å². The molecule has 1 saturated carbocycles. The molecule has 2 nitrogen and oxygen atoms in total. The third kappa shape index (κ3) is 4.32. The Labute approximate surface area is 117 Å². The van der Waals surface area contributed by atoms with Crippen LogP contribution in [0.25, 0.3) is 0 Å². The molecule has 1 aromatic carbocycles. The Morgan fingerprint density at radius 1 is 1.21 bits per heavy atom. The van der Waals surface area contributed by atoms with Crippen LogP contribution in [0.1, 0.15) is 50.2 Å². The Bertz CT molecular complexity index is 377. The quantitative estimate of drug-likeness (QED) is 0.838. The van der Waals surface area contributed by atoms with Crippen LogP contribution in [0.2, 0.25) is 0 Å². The van der Waals surface area contributed by atoms with Crippen LogP contribution in [0, 0.1) is 5.92 Å². The molecule has 2 rings (SSSR count). The van der Waals surface area contributed by atoms with Gasteiger partial charge < -0.3 is 10.1 Å². The molecule has 0 aliphatic heterocycles. The summed E-state index contributed by atoms with van der Waals surface area (Å²) in [5.41, 5.74) is 2.63. The minimum absolute atomic E-state index is 0.703. The lowest BCUT2D eigenvalue weighted by Gasteiger charge is -2.31. The summed E-state index contributed by atoms with van der Waals surface area (Å²) in [5.74, 6) is 0.871. The van der Waals surface area contributed by atoms with E-state index in [1.807, 2.05) is 0 Å². The monoisotopic (exact) mass is 261 g/mol. The van der Waals surface area contributed by atoms with Gasteiger partial charge in [-0.3, -0.25) is 0 Å². The summed E-state index contributed by atoms with van der Waals surface area (Å²) in [7, 11) is 1.75. The second-order valence-electron chi connectivity index (χ2n) is 5.69. The van der Waals surface area contributed by atoms with Gasteiger partial charge in [0.1, 0.15) is 0 Å². The average Bonchev–Trinajstić information content (AvgIpc) is 2.46. The van der Waals surface area contributed by atoms with Crippen molar-refractivity contribution in [2.24, 2.45) is 5.92 Å². The lowest BCUT2D eigenvalue weighted by Crippen LogP contribution is -2.37. The first-order valence-corrected chi connectivity index (χ1v) is 7.63. The lowest BCUT2D eigenvalue weighted by atomic mass is 9.83. The SMILES string of the molecule is CCC1CCCCC1NCc1cccc(COC)c1. The Balaban J connectivity index is 1.88. The van der Waals surface area contributed by atoms with E-state index in [0.717, 1.165) is 12.5 Å². The van der Waals surface area contributed by atoms with Gasteiger partial charge in [-0.25, -0.2) is 0 Å². The average molecular weight is 261 g/mol. The van der Waals surface area contributed by atoms with Crippen LogP contribution in [-0.4, -0.2) is 13.2 Å². The molecule has 1 aliphatic carbocycles. The van der Waals surface area contributed by atoms with E-state index in [4.69, 9.17) is 4.74 Å². The van der Waals surface area contributed by atoms with Gasteiger partial charge in [0.2, 0.25) is 0 Å². The third-order valence-electron chi connectivity index (χ3n) is 4.30. The van der Waals surface area contributed by atoms with Gasteiger partial charge in [-0.2, -0.15) is 0 Å². The lowest BCUT2D eigenvalue weighted by molar-refractivity contribution is 0.185. The van der Waals surface area contributed by atoms with Crippen molar-refractivity contribution >= 4 is 0 Å². The third-order valence-corrected chi connectivity index (χ3v) is 4.30. The fourth-order valence-electron chi connectivity index (χ4n) is 3.21. The molecule has 0 bridgehead atoms. The maximum Gasteiger partial charge on any atom is 0.0713 e. The normalized spacial score (nSPS) is 23.5. The number of methoxy groups -OCH3 is 1. The highest BCUT2D eigenvalue weighted by Crippen LogP contribution is 2.27. The zero-order chi connectivity index (χ0) is 13.5. The summed E-state index contributed by atoms with van der Waals surface area (Å²) in [6, 6.07) is 9.42. The van der Waals surface area contributed by atoms with Gasteiger partial charge in [-0.15, -0.1) is 0 Å². The van der Waals surface area contributed by atoms with Gasteiger partial charge in [-0.05, 0) is 29.9 Å². The van der Waals surface area contributed by atoms with Crippen molar-refractivity contribution in [3.63, 3.8) is 0 Å². The summed E-state index contributed by atoms with van der Waals surface area (Å²) in [6.45, 7) is 4.01. The number of rotatable bonds is 6. The van der Waals surface area contributed by atoms with Crippen LogP contribution in [0.3, 0.4) is 0 Å². The van der Waals surface area contributed by atoms with Gasteiger partial charge >= 0.3 is 0 Å². The number of hydrogen-bond acceptors (Lipinski definition) is 2. The van der Waals surface area contributed by atoms with E-state index >= 15 is 0 Å². The topological polar surface area (TPSA) is 21.3 Å². The Hall–Kier alpha value is -0.860. The summed E-state index contributed by atoms with van der Waals surface area (Å²) >= 11 is 0. The molecular formula is C17H27NO. The molecule has 0 saturated heterocycles. The fourth-order valence-corrected chi connectivity index (χ4v) is 3.21. The van der Waals surface area contributed by atoms with Crippen LogP contribution in [-0.2, 0) is 17.9 Å². The number of ether oxygens (including phenoxy) is 1. The van der Waals surface area contributed by atoms with Crippen LogP contribution < -0.4 is 5.32 Å². The number of benzene rings is 1. The fraction of sp³-hybridized carbons (Fsp3) is 0.647. The minimum Gasteiger partial charge on any atom is -0.380 e. The van der Waals surface area contributed by atoms with Crippen LogP contribution in [0.15, 0.2) is 24.3 Å². The molecule has 1 N–H and O–H groups in total. The van der Waals surface area contributed by atoms with E-state index in [9.17, 15) is 0 Å². The molecule has 2 unspecified atom stereocenters. The maximum atomic E-state index is 5.19. The molecule has 1 aliphatic rings. The smallest absolute Gasteiger partial charge is 0.0713 e. The number of nitrogens with one attached hydrogen (secondary N) is 1. The second-order valence-corrected chi connectivity index (χ2v) is 5.69. The van der Waals surface area contributed by atoms with Crippen molar-refractivity contribution < 1.29 is 4.74 Å². The van der Waals surface area contributed by atoms with Crippen LogP contribution in [0.4, 0.5) is 0 Å². The highest BCUT2D eigenvalue weighted by molar-refractivity contribution is 5.22. The first-order chi connectivity index (χ1) is 9.33. The van der Waals surface area contributed by atoms with Crippen molar-refractivity contribution in [1.82, 2.24) is 5.32 Å². The summed E-state index contributed by atoms with van der Waals surface area (Å²) < 4.78 is 5.19. The van der Waals surface area contributed by atoms with Gasteiger partial charge in [0.05, 0.1) is 6.61 Å². The molecule has 0 radical (unpaired) electrons. The highest BCUT2D eigenvalue weighted by atomic mass is 16.5. The van der Waals surface area contributed by atoms with Crippen molar-refractivity contribution in [3.05, 3.63) is 35.4 Å². The van der Waals surface area contributed by atoms with Crippen molar-refractivity contribution in [1.29, 1.82) is 0 Å². The highest BCUT2D eigenvalue weighted by Gasteiger charge is 2.22. The van der Waals surface area contributed by atoms with Gasteiger partial charge in [-0.1, -0.05) is 50.5 Å². The van der Waals surface area contributed by atoms with Gasteiger partial charge in [0.15, 0.2) is 0 Å². The van der Waals surface area contributed by atoms with Crippen molar-refractivity contribution in [2.45, 2.75) is 58.2 Å². The predicted molar refractivity (Wildman–Crippen MR) is 80.0 cm³/mol. The number of hydrogen-bond donors (Lipinski definition) is 1. The van der Waals surface area contributed by atoms with E-state index in [-0.39, 0.29) is 0 Å². The van der Waals surface area contributed by atoms with E-state index in [2.05, 4.69) is 36.5 Å². The summed E-state index contributed by atoms with van der Waals surface area (Å²) in [4.78, 5) is 0. The zero-order valence-electron chi connectivity index (χ0n) is 12.3. The Kier molecular flexibility index (Phi) is 5.87. The van der Waals surface area contributed by atoms with Gasteiger partial charge in [0.25, 0.3) is 0 Å². The molecule has 0 aromatic heterocycles. The largest absolute Gasteiger partial charge is 0.380 e. The molecule has 1 aromatic rings. The van der Waals surface area contributed by atoms with Crippen molar-refractivity contribution in [2.75, 3.05) is 7.11 Å². The molecule has 106 valence electrons. The molecule has 0 heterocycles. The molecular weight excluding hydrogens is 234 g/mol. The Morgan fingerprint density at radius 3 is 2.79 bits per heavy atom. The van der Waals surface area contributed by atoms with E-state index in [1.54, 1.807) is 7.11 Å². The summed E-state index contributed by atoms with van der Waals surface area (Å²) in [6.07, 6.45) is 6.85. The standard InChI is InChI=1S/C17H27NO/c1-3-16-9-4-5-10-17(16)18-12-14-7-6-8-15(11-14)13-19-2/h6-8,11,16-18H,3-5,9-10,12-13H2,1-2H3. The second kappa shape index (κ2) is 7.66. The molecule has 0 amide bonds. The molecule has 2 heteroatoms. The predicted octanol–water partition coefficient (Wildman–Crippen LogP) is 3.89. The first-order valence-electron chi connectivity index (χ1n) is 7.63. The maximum absolute atomic E-state index is 5.19. The molecule has 1 fully saturated rings. The molecule has 2 atom stereocenters. The van der Waals surface area contributed by atoms with Crippen LogP contribution >= 0.6 is 0 Å². The molecule has 0 spiro atoms. The Morgan fingerprint density at radius 2 is 2.00 bits per heavy atom. The minimum atomic E-state index is 0.703. The van der Waals surface area contributed by atoms with E-state index in [1.165, 1.54) is 43.2 Å². The zero-order valence-corrected chi connectivity index (χ0v) is 12.3. The summed E-state index contributed by atoms with van der Waals surface area (Å²) in [5, 5.41) is 3.77. The first kappa shape index (κ1) is 14.5. The van der Waals surface area contributed by atoms with Crippen molar-refractivity contribution in [3.8, 4) is 0 Å².